The van der Waals surface area contributed by atoms with Crippen LogP contribution in [0, 0.1) is 0 Å². The Bertz CT molecular complexity index is 374. The van der Waals surface area contributed by atoms with Gasteiger partial charge >= 0.3 is 6.18 Å². The third kappa shape index (κ3) is 4.66. The Labute approximate surface area is 104 Å². The Morgan fingerprint density at radius 2 is 2.06 bits per heavy atom. The van der Waals surface area contributed by atoms with Gasteiger partial charge in [0, 0.05) is 18.3 Å². The van der Waals surface area contributed by atoms with Crippen molar-refractivity contribution in [2.24, 2.45) is 5.73 Å². The van der Waals surface area contributed by atoms with E-state index in [4.69, 9.17) is 10.8 Å². The largest absolute Gasteiger partial charge is 0.419 e. The number of nitrogens with two attached hydrogens (primary N) is 1. The molecule has 0 spiro atoms. The number of aromatic nitrogens is 2. The van der Waals surface area contributed by atoms with Crippen molar-refractivity contribution in [1.82, 2.24) is 9.78 Å². The summed E-state index contributed by atoms with van der Waals surface area (Å²) in [6.45, 7) is 2.05. The van der Waals surface area contributed by atoms with E-state index in [-0.39, 0.29) is 6.61 Å². The molecule has 4 nitrogen and oxygen atoms in total. The summed E-state index contributed by atoms with van der Waals surface area (Å²) in [5.74, 6) is 0. The molecule has 0 amide bonds. The lowest BCUT2D eigenvalue weighted by molar-refractivity contribution is -0.137. The number of aliphatic hydroxyl groups is 1. The number of aryl methyl sites for hydroxylation is 1. The highest BCUT2D eigenvalue weighted by atomic mass is 19.4. The van der Waals surface area contributed by atoms with Crippen molar-refractivity contribution in [2.75, 3.05) is 6.61 Å². The molecule has 0 aliphatic carbocycles. The number of unbranched alkanes of at least 4 members (excludes halogenated alkanes) is 1. The van der Waals surface area contributed by atoms with Crippen LogP contribution < -0.4 is 5.73 Å². The van der Waals surface area contributed by atoms with Crippen LogP contribution in [0.4, 0.5) is 13.2 Å². The van der Waals surface area contributed by atoms with E-state index in [1.165, 1.54) is 4.68 Å². The normalized spacial score (nSPS) is 15.7. The smallest absolute Gasteiger partial charge is 0.394 e. The monoisotopic (exact) mass is 265 g/mol. The summed E-state index contributed by atoms with van der Waals surface area (Å²) in [6.07, 6.45) is -0.503. The first-order valence-corrected chi connectivity index (χ1v) is 5.74. The van der Waals surface area contributed by atoms with Crippen molar-refractivity contribution in [3.8, 4) is 0 Å². The molecule has 0 fully saturated rings. The van der Waals surface area contributed by atoms with Gasteiger partial charge in [-0.15, -0.1) is 0 Å². The molecule has 0 saturated heterocycles. The van der Waals surface area contributed by atoms with Crippen LogP contribution in [-0.2, 0) is 12.7 Å². The molecule has 3 N–H and O–H groups in total. The van der Waals surface area contributed by atoms with E-state index in [0.29, 0.717) is 19.4 Å². The second-order valence-electron chi connectivity index (χ2n) is 4.76. The molecule has 1 unspecified atom stereocenters. The van der Waals surface area contributed by atoms with Crippen molar-refractivity contribution in [3.05, 3.63) is 18.0 Å². The Kier molecular flexibility index (Phi) is 4.75. The summed E-state index contributed by atoms with van der Waals surface area (Å²) >= 11 is 0. The lowest BCUT2D eigenvalue weighted by atomic mass is 9.97. The van der Waals surface area contributed by atoms with E-state index in [2.05, 4.69) is 5.10 Å². The van der Waals surface area contributed by atoms with E-state index in [1.807, 2.05) is 0 Å². The maximum atomic E-state index is 12.3. The van der Waals surface area contributed by atoms with Gasteiger partial charge in [0.2, 0.25) is 0 Å². The van der Waals surface area contributed by atoms with Crippen molar-refractivity contribution in [3.63, 3.8) is 0 Å². The van der Waals surface area contributed by atoms with Crippen molar-refractivity contribution in [2.45, 2.75) is 44.4 Å². The number of nitrogens with zero attached hydrogens (tertiary/aromatic N) is 2. The summed E-state index contributed by atoms with van der Waals surface area (Å²) in [6, 6.07) is 0. The number of hydrogen-bond donors (Lipinski definition) is 2. The van der Waals surface area contributed by atoms with Crippen LogP contribution in [0.5, 0.6) is 0 Å². The molecule has 1 rings (SSSR count). The molecule has 7 heteroatoms. The fourth-order valence-electron chi connectivity index (χ4n) is 1.51. The molecule has 0 aliphatic rings. The maximum Gasteiger partial charge on any atom is 0.419 e. The average molecular weight is 265 g/mol. The van der Waals surface area contributed by atoms with Gasteiger partial charge in [0.25, 0.3) is 0 Å². The third-order valence-corrected chi connectivity index (χ3v) is 2.71. The Morgan fingerprint density at radius 3 is 2.56 bits per heavy atom. The lowest BCUT2D eigenvalue weighted by Gasteiger charge is -2.21. The van der Waals surface area contributed by atoms with Crippen molar-refractivity contribution in [1.29, 1.82) is 0 Å². The summed E-state index contributed by atoms with van der Waals surface area (Å²) in [7, 11) is 0. The van der Waals surface area contributed by atoms with Gasteiger partial charge in [-0.3, -0.25) is 4.68 Å². The maximum absolute atomic E-state index is 12.3. The fourth-order valence-corrected chi connectivity index (χ4v) is 1.51. The van der Waals surface area contributed by atoms with Crippen molar-refractivity contribution >= 4 is 0 Å². The van der Waals surface area contributed by atoms with Gasteiger partial charge in [0.05, 0.1) is 18.4 Å². The zero-order valence-electron chi connectivity index (χ0n) is 10.2. The second kappa shape index (κ2) is 5.71. The van der Waals surface area contributed by atoms with Gasteiger partial charge in [-0.2, -0.15) is 18.3 Å². The quantitative estimate of drug-likeness (QED) is 0.771. The summed E-state index contributed by atoms with van der Waals surface area (Å²) in [5, 5.41) is 12.6. The zero-order valence-corrected chi connectivity index (χ0v) is 10.2. The molecular weight excluding hydrogens is 247 g/mol. The molecule has 0 aromatic carbocycles. The molecule has 1 atom stereocenters. The van der Waals surface area contributed by atoms with E-state index in [9.17, 15) is 13.2 Å². The highest BCUT2D eigenvalue weighted by Crippen LogP contribution is 2.28. The van der Waals surface area contributed by atoms with Gasteiger partial charge < -0.3 is 10.8 Å². The first-order chi connectivity index (χ1) is 8.24. The predicted octanol–water partition coefficient (Wildman–Crippen LogP) is 1.78. The van der Waals surface area contributed by atoms with Gasteiger partial charge in [0.1, 0.15) is 0 Å². The Balaban J connectivity index is 2.35. The summed E-state index contributed by atoms with van der Waals surface area (Å²) in [5.41, 5.74) is 4.38. The van der Waals surface area contributed by atoms with Gasteiger partial charge in [-0.05, 0) is 26.2 Å². The number of halogens is 3. The average Bonchev–Trinajstić information content (AvgIpc) is 2.73. The number of aliphatic hydroxyl groups excluding tert-OH is 1. The molecule has 104 valence electrons. The first kappa shape index (κ1) is 15.0. The van der Waals surface area contributed by atoms with E-state index in [1.54, 1.807) is 6.92 Å². The fraction of sp³-hybridized carbons (Fsp3) is 0.727. The molecule has 18 heavy (non-hydrogen) atoms. The standard InChI is InChI=1S/C11H18F3N3O/c1-10(15,8-18)4-2-3-5-17-7-9(6-16-17)11(12,13)14/h6-7,18H,2-5,8,15H2,1H3. The predicted molar refractivity (Wildman–Crippen MR) is 60.8 cm³/mol. The van der Waals surface area contributed by atoms with Gasteiger partial charge in [-0.1, -0.05) is 0 Å². The Hall–Kier alpha value is -1.08. The van der Waals surface area contributed by atoms with E-state index in [0.717, 1.165) is 18.8 Å². The number of rotatable bonds is 6. The lowest BCUT2D eigenvalue weighted by Crippen LogP contribution is -2.39. The second-order valence-corrected chi connectivity index (χ2v) is 4.76. The van der Waals surface area contributed by atoms with Crippen LogP contribution in [0.2, 0.25) is 0 Å². The van der Waals surface area contributed by atoms with Gasteiger partial charge in [-0.25, -0.2) is 0 Å². The topological polar surface area (TPSA) is 64.1 Å². The van der Waals surface area contributed by atoms with Crippen LogP contribution >= 0.6 is 0 Å². The molecular formula is C11H18F3N3O. The molecule has 0 radical (unpaired) electrons. The van der Waals surface area contributed by atoms with Crippen LogP contribution in [-0.4, -0.2) is 27.0 Å². The molecule has 0 aliphatic heterocycles. The minimum absolute atomic E-state index is 0.104. The van der Waals surface area contributed by atoms with Crippen molar-refractivity contribution < 1.29 is 18.3 Å². The highest BCUT2D eigenvalue weighted by Gasteiger charge is 2.32. The SMILES string of the molecule is CC(N)(CO)CCCCn1cc(C(F)(F)F)cn1. The van der Waals surface area contributed by atoms with Crippen LogP contribution in [0.15, 0.2) is 12.4 Å². The Morgan fingerprint density at radius 1 is 1.39 bits per heavy atom. The molecule has 1 heterocycles. The molecule has 0 bridgehead atoms. The molecule has 0 saturated carbocycles. The minimum atomic E-state index is -4.34. The third-order valence-electron chi connectivity index (χ3n) is 2.71. The van der Waals surface area contributed by atoms with Gasteiger partial charge in [0.15, 0.2) is 0 Å². The minimum Gasteiger partial charge on any atom is -0.394 e. The number of alkyl halides is 3. The summed E-state index contributed by atoms with van der Waals surface area (Å²) < 4.78 is 38.2. The molecule has 1 aromatic heterocycles. The molecule has 1 aromatic rings. The van der Waals surface area contributed by atoms with Crippen LogP contribution in [0.3, 0.4) is 0 Å². The van der Waals surface area contributed by atoms with E-state index < -0.39 is 17.3 Å². The van der Waals surface area contributed by atoms with Crippen LogP contribution in [0.25, 0.3) is 0 Å². The number of hydrogen-bond acceptors (Lipinski definition) is 3. The first-order valence-electron chi connectivity index (χ1n) is 5.74. The summed E-state index contributed by atoms with van der Waals surface area (Å²) in [4.78, 5) is 0. The van der Waals surface area contributed by atoms with E-state index >= 15 is 0 Å². The zero-order chi connectivity index (χ0) is 13.8. The van der Waals surface area contributed by atoms with Crippen LogP contribution in [0.1, 0.15) is 31.7 Å². The highest BCUT2D eigenvalue weighted by molar-refractivity contribution is 5.08.